The molecule has 2 heterocycles. The van der Waals surface area contributed by atoms with E-state index in [0.29, 0.717) is 12.2 Å². The first-order valence-electron chi connectivity index (χ1n) is 6.58. The van der Waals surface area contributed by atoms with Gasteiger partial charge in [0.05, 0.1) is 17.7 Å². The van der Waals surface area contributed by atoms with Gasteiger partial charge in [-0.05, 0) is 45.9 Å². The summed E-state index contributed by atoms with van der Waals surface area (Å²) in [6, 6.07) is 3.61. The second-order valence-corrected chi connectivity index (χ2v) is 5.88. The van der Waals surface area contributed by atoms with Gasteiger partial charge in [-0.2, -0.15) is 0 Å². The highest BCUT2D eigenvalue weighted by Gasteiger charge is 2.53. The molecule has 0 N–H and O–H groups in total. The second-order valence-electron chi connectivity index (χ2n) is 5.88. The van der Waals surface area contributed by atoms with Crippen LogP contribution in [-0.2, 0) is 15.9 Å². The van der Waals surface area contributed by atoms with Gasteiger partial charge in [0.25, 0.3) is 0 Å². The number of rotatable bonds is 3. The SMILES string of the molecule is C#CCn1cccc1C=C(F)B1OC(C)(C)C(C)(C)O1. The molecule has 5 heteroatoms. The van der Waals surface area contributed by atoms with E-state index in [2.05, 4.69) is 5.92 Å². The first kappa shape index (κ1) is 14.9. The Kier molecular flexibility index (Phi) is 3.81. The Balaban J connectivity index is 2.20. The smallest absolute Gasteiger partial charge is 0.398 e. The minimum absolute atomic E-state index is 0.398. The molecule has 0 amide bonds. The monoisotopic (exact) mass is 275 g/mol. The van der Waals surface area contributed by atoms with Gasteiger partial charge >= 0.3 is 7.12 Å². The summed E-state index contributed by atoms with van der Waals surface area (Å²) in [7, 11) is -0.978. The van der Waals surface area contributed by atoms with Crippen LogP contribution in [0.3, 0.4) is 0 Å². The fourth-order valence-electron chi connectivity index (χ4n) is 1.97. The van der Waals surface area contributed by atoms with Gasteiger partial charge in [-0.15, -0.1) is 6.42 Å². The average molecular weight is 275 g/mol. The molecule has 0 unspecified atom stereocenters. The van der Waals surface area contributed by atoms with Crippen LogP contribution >= 0.6 is 0 Å². The van der Waals surface area contributed by atoms with Gasteiger partial charge in [-0.3, -0.25) is 0 Å². The maximum Gasteiger partial charge on any atom is 0.525 e. The number of hydrogen-bond donors (Lipinski definition) is 0. The van der Waals surface area contributed by atoms with Crippen molar-refractivity contribution in [3.8, 4) is 12.3 Å². The van der Waals surface area contributed by atoms with Crippen molar-refractivity contribution >= 4 is 13.2 Å². The predicted octanol–water partition coefficient (Wildman–Crippen LogP) is 3.06. The van der Waals surface area contributed by atoms with Crippen molar-refractivity contribution in [3.63, 3.8) is 0 Å². The first-order valence-corrected chi connectivity index (χ1v) is 6.58. The third-order valence-electron chi connectivity index (χ3n) is 3.89. The van der Waals surface area contributed by atoms with Gasteiger partial charge in [0, 0.05) is 11.9 Å². The molecule has 3 nitrogen and oxygen atoms in total. The molecule has 1 aliphatic heterocycles. The number of hydrogen-bond acceptors (Lipinski definition) is 2. The fraction of sp³-hybridized carbons (Fsp3) is 0.467. The molecule has 0 saturated carbocycles. The Hall–Kier alpha value is -1.51. The van der Waals surface area contributed by atoms with Gasteiger partial charge < -0.3 is 13.9 Å². The summed E-state index contributed by atoms with van der Waals surface area (Å²) in [5.74, 6) is 2.53. The predicted molar refractivity (Wildman–Crippen MR) is 78.4 cm³/mol. The summed E-state index contributed by atoms with van der Waals surface area (Å²) < 4.78 is 27.4. The van der Waals surface area contributed by atoms with Gasteiger partial charge in [0.2, 0.25) is 0 Å². The summed E-state index contributed by atoms with van der Waals surface area (Å²) >= 11 is 0. The van der Waals surface area contributed by atoms with Gasteiger partial charge in [-0.25, -0.2) is 4.39 Å². The highest BCUT2D eigenvalue weighted by Crippen LogP contribution is 2.39. The number of terminal acetylenes is 1. The summed E-state index contributed by atoms with van der Waals surface area (Å²) in [5, 5.41) is 0. The summed E-state index contributed by atoms with van der Waals surface area (Å²) in [6.45, 7) is 7.96. The summed E-state index contributed by atoms with van der Waals surface area (Å²) in [5.41, 5.74) is -0.872. The van der Waals surface area contributed by atoms with Crippen LogP contribution in [0.2, 0.25) is 0 Å². The van der Waals surface area contributed by atoms with E-state index in [4.69, 9.17) is 15.7 Å². The van der Waals surface area contributed by atoms with Crippen molar-refractivity contribution in [1.29, 1.82) is 0 Å². The zero-order valence-electron chi connectivity index (χ0n) is 12.3. The number of halogens is 1. The van der Waals surface area contributed by atoms with Crippen molar-refractivity contribution in [2.75, 3.05) is 0 Å². The molecular weight excluding hydrogens is 256 g/mol. The van der Waals surface area contributed by atoms with E-state index in [1.54, 1.807) is 10.6 Å². The normalized spacial score (nSPS) is 21.0. The Bertz CT molecular complexity index is 553. The van der Waals surface area contributed by atoms with E-state index in [1.807, 2.05) is 40.0 Å². The van der Waals surface area contributed by atoms with Gasteiger partial charge in [0.1, 0.15) is 5.73 Å². The maximum atomic E-state index is 14.3. The molecule has 0 radical (unpaired) electrons. The van der Waals surface area contributed by atoms with E-state index in [-0.39, 0.29) is 0 Å². The van der Waals surface area contributed by atoms with Crippen LogP contribution in [0.5, 0.6) is 0 Å². The average Bonchev–Trinajstić information content (AvgIpc) is 2.83. The maximum absolute atomic E-state index is 14.3. The third kappa shape index (κ3) is 2.67. The van der Waals surface area contributed by atoms with Crippen molar-refractivity contribution < 1.29 is 13.7 Å². The zero-order chi connectivity index (χ0) is 15.0. The van der Waals surface area contributed by atoms with Gasteiger partial charge in [0.15, 0.2) is 0 Å². The van der Waals surface area contributed by atoms with Gasteiger partial charge in [-0.1, -0.05) is 5.92 Å². The molecule has 2 rings (SSSR count). The molecular formula is C15H19BFNO2. The van der Waals surface area contributed by atoms with E-state index < -0.39 is 24.0 Å². The van der Waals surface area contributed by atoms with Crippen LogP contribution in [0.4, 0.5) is 4.39 Å². The molecule has 1 saturated heterocycles. The number of nitrogens with zero attached hydrogens (tertiary/aromatic N) is 1. The van der Waals surface area contributed by atoms with Crippen LogP contribution in [-0.4, -0.2) is 22.9 Å². The minimum Gasteiger partial charge on any atom is -0.398 e. The summed E-state index contributed by atoms with van der Waals surface area (Å²) in [6.07, 6.45) is 8.49. The van der Waals surface area contributed by atoms with E-state index in [0.717, 1.165) is 0 Å². The molecule has 0 aromatic carbocycles. The lowest BCUT2D eigenvalue weighted by atomic mass is 9.87. The Labute approximate surface area is 119 Å². The lowest BCUT2D eigenvalue weighted by molar-refractivity contribution is 0.00578. The molecule has 0 bridgehead atoms. The molecule has 1 fully saturated rings. The minimum atomic E-state index is -0.978. The zero-order valence-corrected chi connectivity index (χ0v) is 12.3. The molecule has 1 aliphatic rings. The largest absolute Gasteiger partial charge is 0.525 e. The van der Waals surface area contributed by atoms with E-state index in [9.17, 15) is 4.39 Å². The Morgan fingerprint density at radius 3 is 2.55 bits per heavy atom. The highest BCUT2D eigenvalue weighted by atomic mass is 19.1. The lowest BCUT2D eigenvalue weighted by Gasteiger charge is -2.32. The molecule has 0 atom stereocenters. The van der Waals surface area contributed by atoms with Crippen molar-refractivity contribution in [3.05, 3.63) is 29.7 Å². The molecule has 106 valence electrons. The van der Waals surface area contributed by atoms with Crippen LogP contribution in [0, 0.1) is 12.3 Å². The Morgan fingerprint density at radius 1 is 1.40 bits per heavy atom. The van der Waals surface area contributed by atoms with Crippen LogP contribution < -0.4 is 0 Å². The molecule has 1 aromatic rings. The van der Waals surface area contributed by atoms with Crippen LogP contribution in [0.25, 0.3) is 6.08 Å². The first-order chi connectivity index (χ1) is 9.27. The van der Waals surface area contributed by atoms with Crippen LogP contribution in [0.15, 0.2) is 24.1 Å². The quantitative estimate of drug-likeness (QED) is 0.625. The molecule has 1 aromatic heterocycles. The fourth-order valence-corrected chi connectivity index (χ4v) is 1.97. The third-order valence-corrected chi connectivity index (χ3v) is 3.89. The van der Waals surface area contributed by atoms with Crippen molar-refractivity contribution in [1.82, 2.24) is 4.57 Å². The van der Waals surface area contributed by atoms with Crippen molar-refractivity contribution in [2.24, 2.45) is 0 Å². The molecule has 20 heavy (non-hydrogen) atoms. The second kappa shape index (κ2) is 5.12. The van der Waals surface area contributed by atoms with E-state index in [1.165, 1.54) is 6.08 Å². The lowest BCUT2D eigenvalue weighted by Crippen LogP contribution is -2.41. The standard InChI is InChI=1S/C15H19BFNO2/c1-6-9-18-10-7-8-12(18)11-13(17)16-19-14(2,3)15(4,5)20-16/h1,7-8,10-11H,9H2,2-5H3. The summed E-state index contributed by atoms with van der Waals surface area (Å²) in [4.78, 5) is 0. The molecule has 0 spiro atoms. The topological polar surface area (TPSA) is 23.4 Å². The van der Waals surface area contributed by atoms with Crippen LogP contribution in [0.1, 0.15) is 33.4 Å². The Morgan fingerprint density at radius 2 is 2.00 bits per heavy atom. The number of aromatic nitrogens is 1. The van der Waals surface area contributed by atoms with Crippen molar-refractivity contribution in [2.45, 2.75) is 45.4 Å². The van der Waals surface area contributed by atoms with E-state index >= 15 is 0 Å². The highest BCUT2D eigenvalue weighted by molar-refractivity contribution is 6.54. The molecule has 0 aliphatic carbocycles.